The van der Waals surface area contributed by atoms with Gasteiger partial charge in [0, 0.05) is 24.7 Å². The maximum atomic E-state index is 10.5. The number of carbonyl (C=O) groups is 2. The maximum Gasteiger partial charge on any atom is 0.303 e. The Hall–Kier alpha value is -2.11. The van der Waals surface area contributed by atoms with E-state index in [1.54, 1.807) is 12.3 Å². The number of carbonyl (C=O) groups excluding carboxylic acids is 1. The van der Waals surface area contributed by atoms with Gasteiger partial charge in [-0.1, -0.05) is 6.07 Å². The molecule has 1 heterocycles. The van der Waals surface area contributed by atoms with Gasteiger partial charge in [-0.25, -0.2) is 4.98 Å². The molecule has 6 nitrogen and oxygen atoms in total. The minimum absolute atomic E-state index is 0.0229. The van der Waals surface area contributed by atoms with Gasteiger partial charge in [-0.15, -0.1) is 0 Å². The summed E-state index contributed by atoms with van der Waals surface area (Å²) in [6, 6.07) is 3.37. The van der Waals surface area contributed by atoms with E-state index in [2.05, 4.69) is 10.3 Å². The molecule has 18 heavy (non-hydrogen) atoms. The monoisotopic (exact) mass is 252 g/mol. The van der Waals surface area contributed by atoms with Crippen molar-refractivity contribution in [3.05, 3.63) is 23.9 Å². The molecule has 1 rings (SSSR count). The Morgan fingerprint density at radius 3 is 2.89 bits per heavy atom. The molecule has 0 aliphatic rings. The third kappa shape index (κ3) is 4.82. The summed E-state index contributed by atoms with van der Waals surface area (Å²) in [5.74, 6) is -0.357. The Kier molecular flexibility index (Phi) is 5.63. The third-order valence-corrected chi connectivity index (χ3v) is 2.50. The lowest BCUT2D eigenvalue weighted by atomic mass is 10.0. The van der Waals surface area contributed by atoms with Crippen molar-refractivity contribution in [2.45, 2.75) is 25.3 Å². The van der Waals surface area contributed by atoms with Crippen LogP contribution in [0.5, 0.6) is 5.88 Å². The molecule has 0 saturated heterocycles. The normalized spacial score (nSPS) is 11.6. The van der Waals surface area contributed by atoms with E-state index in [1.807, 2.05) is 6.07 Å². The van der Waals surface area contributed by atoms with Crippen LogP contribution in [0, 0.1) is 0 Å². The highest BCUT2D eigenvalue weighted by atomic mass is 16.5. The van der Waals surface area contributed by atoms with Crippen LogP contribution in [0.4, 0.5) is 0 Å². The van der Waals surface area contributed by atoms with Crippen molar-refractivity contribution in [3.63, 3.8) is 0 Å². The van der Waals surface area contributed by atoms with Crippen LogP contribution in [0.3, 0.4) is 0 Å². The van der Waals surface area contributed by atoms with Gasteiger partial charge < -0.3 is 15.2 Å². The van der Waals surface area contributed by atoms with E-state index in [9.17, 15) is 9.59 Å². The maximum absolute atomic E-state index is 10.5. The van der Waals surface area contributed by atoms with Gasteiger partial charge in [-0.05, 0) is 18.4 Å². The fourth-order valence-corrected chi connectivity index (χ4v) is 1.58. The molecule has 1 aromatic heterocycles. The number of aliphatic carboxylic acids is 1. The van der Waals surface area contributed by atoms with Gasteiger partial charge in [-0.3, -0.25) is 9.59 Å². The lowest BCUT2D eigenvalue weighted by Gasteiger charge is -2.14. The summed E-state index contributed by atoms with van der Waals surface area (Å²) >= 11 is 0. The van der Waals surface area contributed by atoms with Gasteiger partial charge in [0.05, 0.1) is 7.11 Å². The van der Waals surface area contributed by atoms with E-state index < -0.39 is 5.97 Å². The van der Waals surface area contributed by atoms with E-state index >= 15 is 0 Å². The second kappa shape index (κ2) is 7.26. The van der Waals surface area contributed by atoms with Crippen molar-refractivity contribution >= 4 is 12.4 Å². The van der Waals surface area contributed by atoms with Crippen molar-refractivity contribution in [1.29, 1.82) is 0 Å². The molecule has 0 aromatic carbocycles. The summed E-state index contributed by atoms with van der Waals surface area (Å²) in [6.07, 6.45) is 3.20. The number of carboxylic acids is 1. The summed E-state index contributed by atoms with van der Waals surface area (Å²) in [7, 11) is 1.53. The molecule has 1 aromatic rings. The highest BCUT2D eigenvalue weighted by molar-refractivity contribution is 5.66. The molecule has 0 bridgehead atoms. The molecule has 1 unspecified atom stereocenters. The number of carboxylic acid groups (broad SMARTS) is 1. The summed E-state index contributed by atoms with van der Waals surface area (Å²) in [5.41, 5.74) is 0.917. The van der Waals surface area contributed by atoms with Gasteiger partial charge in [0.2, 0.25) is 12.3 Å². The minimum Gasteiger partial charge on any atom is -0.481 e. The molecule has 0 saturated carbocycles. The van der Waals surface area contributed by atoms with Crippen LogP contribution < -0.4 is 10.1 Å². The van der Waals surface area contributed by atoms with E-state index in [4.69, 9.17) is 9.84 Å². The lowest BCUT2D eigenvalue weighted by Crippen LogP contribution is -2.30. The van der Waals surface area contributed by atoms with Crippen molar-refractivity contribution < 1.29 is 19.4 Å². The molecule has 0 fully saturated rings. The molecule has 0 aliphatic carbocycles. The largest absolute Gasteiger partial charge is 0.481 e. The number of hydrogen-bond acceptors (Lipinski definition) is 4. The number of amides is 1. The Morgan fingerprint density at radius 2 is 2.39 bits per heavy atom. The molecule has 0 spiro atoms. The van der Waals surface area contributed by atoms with Gasteiger partial charge in [0.25, 0.3) is 0 Å². The smallest absolute Gasteiger partial charge is 0.303 e. The number of rotatable bonds is 8. The van der Waals surface area contributed by atoms with Crippen molar-refractivity contribution in [2.75, 3.05) is 7.11 Å². The van der Waals surface area contributed by atoms with Crippen LogP contribution in [0.1, 0.15) is 18.4 Å². The Labute approximate surface area is 105 Å². The second-order valence-corrected chi connectivity index (χ2v) is 3.83. The van der Waals surface area contributed by atoms with E-state index in [0.29, 0.717) is 25.1 Å². The predicted molar refractivity (Wildman–Crippen MR) is 64.4 cm³/mol. The van der Waals surface area contributed by atoms with Gasteiger partial charge in [0.15, 0.2) is 0 Å². The Balaban J connectivity index is 2.57. The number of nitrogens with one attached hydrogen (secondary N) is 1. The van der Waals surface area contributed by atoms with Crippen molar-refractivity contribution in [2.24, 2.45) is 0 Å². The van der Waals surface area contributed by atoms with E-state index in [1.165, 1.54) is 7.11 Å². The average Bonchev–Trinajstić information content (AvgIpc) is 2.37. The summed E-state index contributed by atoms with van der Waals surface area (Å²) in [4.78, 5) is 25.0. The zero-order valence-electron chi connectivity index (χ0n) is 10.1. The summed E-state index contributed by atoms with van der Waals surface area (Å²) in [6.45, 7) is 0. The lowest BCUT2D eigenvalue weighted by molar-refractivity contribution is -0.137. The summed E-state index contributed by atoms with van der Waals surface area (Å²) in [5, 5.41) is 11.2. The zero-order chi connectivity index (χ0) is 13.4. The molecule has 0 aliphatic heterocycles. The molecule has 98 valence electrons. The number of nitrogens with zero attached hydrogens (tertiary/aromatic N) is 1. The van der Waals surface area contributed by atoms with Crippen molar-refractivity contribution in [1.82, 2.24) is 10.3 Å². The van der Waals surface area contributed by atoms with Gasteiger partial charge in [-0.2, -0.15) is 0 Å². The topological polar surface area (TPSA) is 88.5 Å². The number of methoxy groups -OCH3 is 1. The van der Waals surface area contributed by atoms with Crippen LogP contribution in [0.25, 0.3) is 0 Å². The van der Waals surface area contributed by atoms with Gasteiger partial charge in [0.1, 0.15) is 0 Å². The van der Waals surface area contributed by atoms with Crippen LogP contribution in [0.2, 0.25) is 0 Å². The number of ether oxygens (including phenoxy) is 1. The first kappa shape index (κ1) is 14.0. The third-order valence-electron chi connectivity index (χ3n) is 2.50. The Bertz CT molecular complexity index is 392. The molecular formula is C12H16N2O4. The standard InChI is InChI=1S/C12H16N2O4/c1-18-11-4-2-9(7-13-11)6-10(14-8-15)3-5-12(16)17/h2,4,7-8,10H,3,5-6H2,1H3,(H,14,15)(H,16,17). The fraction of sp³-hybridized carbons (Fsp3) is 0.417. The number of hydrogen-bond donors (Lipinski definition) is 2. The Morgan fingerprint density at radius 1 is 1.61 bits per heavy atom. The molecule has 2 N–H and O–H groups in total. The van der Waals surface area contributed by atoms with Crippen LogP contribution in [0.15, 0.2) is 18.3 Å². The van der Waals surface area contributed by atoms with E-state index in [0.717, 1.165) is 5.56 Å². The second-order valence-electron chi connectivity index (χ2n) is 3.83. The zero-order valence-corrected chi connectivity index (χ0v) is 10.1. The number of pyridine rings is 1. The first-order chi connectivity index (χ1) is 8.65. The van der Waals surface area contributed by atoms with Crippen LogP contribution >= 0.6 is 0 Å². The fourth-order valence-electron chi connectivity index (χ4n) is 1.58. The average molecular weight is 252 g/mol. The van der Waals surface area contributed by atoms with Crippen molar-refractivity contribution in [3.8, 4) is 5.88 Å². The molecular weight excluding hydrogens is 236 g/mol. The highest BCUT2D eigenvalue weighted by Crippen LogP contribution is 2.10. The van der Waals surface area contributed by atoms with Crippen LogP contribution in [-0.4, -0.2) is 35.6 Å². The number of aromatic nitrogens is 1. The first-order valence-electron chi connectivity index (χ1n) is 5.56. The highest BCUT2D eigenvalue weighted by Gasteiger charge is 2.11. The molecule has 0 radical (unpaired) electrons. The van der Waals surface area contributed by atoms with Crippen LogP contribution in [-0.2, 0) is 16.0 Å². The quantitative estimate of drug-likeness (QED) is 0.662. The molecule has 1 amide bonds. The SMILES string of the molecule is COc1ccc(CC(CCC(=O)O)NC=O)cn1. The molecule has 1 atom stereocenters. The van der Waals surface area contributed by atoms with Gasteiger partial charge >= 0.3 is 5.97 Å². The van der Waals surface area contributed by atoms with E-state index in [-0.39, 0.29) is 12.5 Å². The molecule has 6 heteroatoms. The minimum atomic E-state index is -0.874. The predicted octanol–water partition coefficient (Wildman–Crippen LogP) is 0.612. The summed E-state index contributed by atoms with van der Waals surface area (Å²) < 4.78 is 4.94. The first-order valence-corrected chi connectivity index (χ1v) is 5.56.